The molecule has 0 radical (unpaired) electrons. The van der Waals surface area contributed by atoms with Crippen molar-refractivity contribution in [1.82, 2.24) is 0 Å². The summed E-state index contributed by atoms with van der Waals surface area (Å²) in [6, 6.07) is 0. The van der Waals surface area contributed by atoms with Crippen LogP contribution in [0.4, 0.5) is 0 Å². The SMILES string of the molecule is CC/C=C\C/C=C\C/C=C\C/C=C\C/C=C\C/C=C\C/C=C\CCCCCCCCCCCCCC(=O)OCC(COC(=O)CCCCCCC/C=C\C/C=C\CCCC)OC(=O)CCCCCCC/C=C\CCCCCCCC. The van der Waals surface area contributed by atoms with Crippen LogP contribution in [-0.4, -0.2) is 37.2 Å². The van der Waals surface area contributed by atoms with E-state index in [0.29, 0.717) is 19.3 Å². The minimum Gasteiger partial charge on any atom is -0.462 e. The first-order valence-electron chi connectivity index (χ1n) is 33.5. The van der Waals surface area contributed by atoms with Crippen LogP contribution in [0.2, 0.25) is 0 Å². The van der Waals surface area contributed by atoms with Gasteiger partial charge in [-0.25, -0.2) is 0 Å². The van der Waals surface area contributed by atoms with Crippen LogP contribution in [0.5, 0.6) is 0 Å². The Morgan fingerprint density at radius 3 is 0.812 bits per heavy atom. The van der Waals surface area contributed by atoms with Crippen LogP contribution in [0.1, 0.15) is 310 Å². The van der Waals surface area contributed by atoms with Crippen LogP contribution in [0.15, 0.2) is 122 Å². The second kappa shape index (κ2) is 67.3. The zero-order valence-electron chi connectivity index (χ0n) is 52.3. The molecule has 0 heterocycles. The zero-order chi connectivity index (χ0) is 57.8. The van der Waals surface area contributed by atoms with Crippen molar-refractivity contribution in [3.8, 4) is 0 Å². The summed E-state index contributed by atoms with van der Waals surface area (Å²) in [7, 11) is 0. The topological polar surface area (TPSA) is 78.9 Å². The number of carbonyl (C=O) groups is 3. The Morgan fingerprint density at radius 1 is 0.263 bits per heavy atom. The minimum atomic E-state index is -0.792. The van der Waals surface area contributed by atoms with E-state index in [9.17, 15) is 14.4 Å². The van der Waals surface area contributed by atoms with E-state index < -0.39 is 6.10 Å². The van der Waals surface area contributed by atoms with Crippen molar-refractivity contribution in [2.75, 3.05) is 13.2 Å². The van der Waals surface area contributed by atoms with Crippen molar-refractivity contribution in [1.29, 1.82) is 0 Å². The Labute approximate surface area is 494 Å². The first-order valence-corrected chi connectivity index (χ1v) is 33.5. The number of esters is 3. The Hall–Kier alpha value is -4.19. The number of ether oxygens (including phenoxy) is 3. The normalized spacial score (nSPS) is 12.9. The van der Waals surface area contributed by atoms with Crippen molar-refractivity contribution in [2.24, 2.45) is 0 Å². The lowest BCUT2D eigenvalue weighted by Gasteiger charge is -2.18. The fourth-order valence-corrected chi connectivity index (χ4v) is 9.14. The van der Waals surface area contributed by atoms with Crippen molar-refractivity contribution < 1.29 is 28.6 Å². The van der Waals surface area contributed by atoms with Crippen LogP contribution in [0.3, 0.4) is 0 Å². The Balaban J connectivity index is 4.25. The van der Waals surface area contributed by atoms with Crippen molar-refractivity contribution in [3.63, 3.8) is 0 Å². The minimum absolute atomic E-state index is 0.0877. The van der Waals surface area contributed by atoms with Gasteiger partial charge in [0.1, 0.15) is 13.2 Å². The quantitative estimate of drug-likeness (QED) is 0.0261. The molecule has 1 atom stereocenters. The summed E-state index contributed by atoms with van der Waals surface area (Å²) in [6.45, 7) is 6.48. The van der Waals surface area contributed by atoms with E-state index in [1.165, 1.54) is 128 Å². The fraction of sp³-hybridized carbons (Fsp3) is 0.689. The average Bonchev–Trinajstić information content (AvgIpc) is 3.46. The molecule has 0 fully saturated rings. The molecule has 0 N–H and O–H groups in total. The maximum Gasteiger partial charge on any atom is 0.306 e. The van der Waals surface area contributed by atoms with Crippen molar-refractivity contribution in [3.05, 3.63) is 122 Å². The summed E-state index contributed by atoms with van der Waals surface area (Å²) in [6.07, 6.45) is 93.5. The molecule has 0 saturated heterocycles. The maximum absolute atomic E-state index is 12.9. The van der Waals surface area contributed by atoms with E-state index >= 15 is 0 Å². The molecule has 6 nitrogen and oxygen atoms in total. The molecule has 0 saturated carbocycles. The highest BCUT2D eigenvalue weighted by Gasteiger charge is 2.19. The Morgan fingerprint density at radius 2 is 0.500 bits per heavy atom. The first-order chi connectivity index (χ1) is 39.5. The fourth-order valence-electron chi connectivity index (χ4n) is 9.14. The second-order valence-corrected chi connectivity index (χ2v) is 22.0. The molecule has 0 aliphatic carbocycles. The highest BCUT2D eigenvalue weighted by Crippen LogP contribution is 2.16. The van der Waals surface area contributed by atoms with Gasteiger partial charge in [-0.2, -0.15) is 0 Å². The molecule has 0 amide bonds. The van der Waals surface area contributed by atoms with Gasteiger partial charge in [-0.15, -0.1) is 0 Å². The number of unbranched alkanes of at least 4 members (excludes halogenated alkanes) is 29. The predicted octanol–water partition coefficient (Wildman–Crippen LogP) is 23.2. The van der Waals surface area contributed by atoms with E-state index in [-0.39, 0.29) is 31.1 Å². The highest BCUT2D eigenvalue weighted by atomic mass is 16.6. The molecular formula is C74H124O6. The standard InChI is InChI=1S/C74H124O6/c1-4-7-10-13-16-19-22-25-28-29-30-31-32-33-34-35-36-37-38-39-40-41-42-43-44-45-47-49-52-55-58-61-64-67-73(76)79-70-71(69-78-72(75)66-63-60-57-54-51-48-27-24-21-18-15-12-9-6-3)80-74(77)68-65-62-59-56-53-50-46-26-23-20-17-14-11-8-5-2/h7,10,15-16,18-19,24-28,30-31,33-34,36-37,39-40,46,71H,4-6,8-9,11-14,17,20-23,29,32,35,38,41-45,47-70H2,1-3H3/b10-7-,18-15-,19-16-,27-24-,28-25-,31-30-,34-33-,37-36-,40-39-,46-26-. The third-order valence-corrected chi connectivity index (χ3v) is 14.2. The third kappa shape index (κ3) is 64.6. The van der Waals surface area contributed by atoms with Crippen LogP contribution < -0.4 is 0 Å². The van der Waals surface area contributed by atoms with Gasteiger partial charge in [0.15, 0.2) is 6.10 Å². The van der Waals surface area contributed by atoms with Gasteiger partial charge in [0.05, 0.1) is 0 Å². The molecule has 0 rings (SSSR count). The van der Waals surface area contributed by atoms with E-state index in [4.69, 9.17) is 14.2 Å². The van der Waals surface area contributed by atoms with Gasteiger partial charge in [0, 0.05) is 19.3 Å². The van der Waals surface area contributed by atoms with Crippen LogP contribution in [0, 0.1) is 0 Å². The molecule has 0 bridgehead atoms. The van der Waals surface area contributed by atoms with E-state index in [0.717, 1.165) is 141 Å². The number of carbonyl (C=O) groups excluding carboxylic acids is 3. The first kappa shape index (κ1) is 75.8. The van der Waals surface area contributed by atoms with E-state index in [1.807, 2.05) is 0 Å². The van der Waals surface area contributed by atoms with Crippen molar-refractivity contribution >= 4 is 17.9 Å². The summed E-state index contributed by atoms with van der Waals surface area (Å²) >= 11 is 0. The molecule has 0 aliphatic heterocycles. The molecule has 6 heteroatoms. The second-order valence-electron chi connectivity index (χ2n) is 22.0. The van der Waals surface area contributed by atoms with Crippen LogP contribution >= 0.6 is 0 Å². The summed E-state index contributed by atoms with van der Waals surface area (Å²) < 4.78 is 16.9. The molecule has 456 valence electrons. The number of hydrogen-bond acceptors (Lipinski definition) is 6. The smallest absolute Gasteiger partial charge is 0.306 e. The van der Waals surface area contributed by atoms with Crippen LogP contribution in [0.25, 0.3) is 0 Å². The molecular weight excluding hydrogens is 985 g/mol. The summed E-state index contributed by atoms with van der Waals surface area (Å²) in [5.74, 6) is -0.906. The monoisotopic (exact) mass is 1110 g/mol. The third-order valence-electron chi connectivity index (χ3n) is 14.2. The zero-order valence-corrected chi connectivity index (χ0v) is 52.3. The van der Waals surface area contributed by atoms with Gasteiger partial charge in [0.25, 0.3) is 0 Å². The van der Waals surface area contributed by atoms with Crippen LogP contribution in [-0.2, 0) is 28.6 Å². The number of rotatable bonds is 60. The lowest BCUT2D eigenvalue weighted by Crippen LogP contribution is -2.30. The maximum atomic E-state index is 12.9. The lowest BCUT2D eigenvalue weighted by molar-refractivity contribution is -0.167. The highest BCUT2D eigenvalue weighted by molar-refractivity contribution is 5.71. The Kier molecular flexibility index (Phi) is 63.8. The largest absolute Gasteiger partial charge is 0.462 e. The predicted molar refractivity (Wildman–Crippen MR) is 348 cm³/mol. The van der Waals surface area contributed by atoms with Gasteiger partial charge in [-0.3, -0.25) is 14.4 Å². The molecule has 0 aromatic rings. The molecule has 0 aromatic heterocycles. The van der Waals surface area contributed by atoms with E-state index in [2.05, 4.69) is 142 Å². The van der Waals surface area contributed by atoms with E-state index in [1.54, 1.807) is 0 Å². The summed E-state index contributed by atoms with van der Waals surface area (Å²) in [5, 5.41) is 0. The molecule has 80 heavy (non-hydrogen) atoms. The van der Waals surface area contributed by atoms with Crippen molar-refractivity contribution in [2.45, 2.75) is 316 Å². The summed E-state index contributed by atoms with van der Waals surface area (Å²) in [4.78, 5) is 38.3. The molecule has 0 aliphatic rings. The van der Waals surface area contributed by atoms with Gasteiger partial charge in [-0.1, -0.05) is 284 Å². The Bertz CT molecular complexity index is 1650. The lowest BCUT2D eigenvalue weighted by atomic mass is 10.0. The van der Waals surface area contributed by atoms with Gasteiger partial charge in [0.2, 0.25) is 0 Å². The number of allylic oxidation sites excluding steroid dienone is 20. The molecule has 0 aromatic carbocycles. The van der Waals surface area contributed by atoms with Gasteiger partial charge >= 0.3 is 17.9 Å². The molecule has 1 unspecified atom stereocenters. The van der Waals surface area contributed by atoms with Gasteiger partial charge in [-0.05, 0) is 128 Å². The average molecular weight is 1110 g/mol. The molecule has 0 spiro atoms. The van der Waals surface area contributed by atoms with Gasteiger partial charge < -0.3 is 14.2 Å². The summed E-state index contributed by atoms with van der Waals surface area (Å²) in [5.41, 5.74) is 0. The number of hydrogen-bond donors (Lipinski definition) is 0.